The Hall–Kier alpha value is -1.33. The Labute approximate surface area is 120 Å². The molecule has 0 fully saturated rings. The molecule has 1 atom stereocenters. The lowest BCUT2D eigenvalue weighted by Crippen LogP contribution is -2.04. The molecule has 0 saturated carbocycles. The topological polar surface area (TPSA) is 60.9 Å². The number of hydrogen-bond donors (Lipinski definition) is 1. The van der Waals surface area contributed by atoms with E-state index in [2.05, 4.69) is 5.10 Å². The van der Waals surface area contributed by atoms with E-state index >= 15 is 0 Å². The highest BCUT2D eigenvalue weighted by atomic mass is 35.5. The van der Waals surface area contributed by atoms with Crippen LogP contribution in [-0.4, -0.2) is 14.0 Å². The molecule has 0 bridgehead atoms. The Kier molecular flexibility index (Phi) is 4.27. The molecule has 102 valence electrons. The highest BCUT2D eigenvalue weighted by Gasteiger charge is 2.12. The van der Waals surface area contributed by atoms with Gasteiger partial charge in [0.2, 0.25) is 0 Å². The minimum atomic E-state index is -1.24. The van der Waals surface area contributed by atoms with E-state index in [9.17, 15) is 4.21 Å². The number of aromatic nitrogens is 2. The lowest BCUT2D eigenvalue weighted by molar-refractivity contribution is 0.528. The van der Waals surface area contributed by atoms with Crippen molar-refractivity contribution in [1.29, 1.82) is 0 Å². The monoisotopic (exact) mass is 297 g/mol. The summed E-state index contributed by atoms with van der Waals surface area (Å²) in [6.07, 6.45) is 1.89. The van der Waals surface area contributed by atoms with Gasteiger partial charge in [-0.2, -0.15) is 5.10 Å². The van der Waals surface area contributed by atoms with Crippen LogP contribution < -0.4 is 5.73 Å². The maximum absolute atomic E-state index is 12.3. The van der Waals surface area contributed by atoms with Gasteiger partial charge >= 0.3 is 0 Å². The van der Waals surface area contributed by atoms with Crippen LogP contribution in [0.5, 0.6) is 0 Å². The fourth-order valence-corrected chi connectivity index (χ4v) is 3.16. The average molecular weight is 298 g/mol. The molecule has 2 aromatic rings. The van der Waals surface area contributed by atoms with Crippen LogP contribution in [-0.2, 0) is 16.6 Å². The van der Waals surface area contributed by atoms with Gasteiger partial charge in [-0.15, -0.1) is 0 Å². The summed E-state index contributed by atoms with van der Waals surface area (Å²) < 4.78 is 14.1. The molecule has 1 unspecified atom stereocenters. The molecule has 0 amide bonds. The van der Waals surface area contributed by atoms with E-state index in [-0.39, 0.29) is 6.04 Å². The van der Waals surface area contributed by atoms with Gasteiger partial charge in [0, 0.05) is 17.9 Å². The van der Waals surface area contributed by atoms with Crippen molar-refractivity contribution >= 4 is 28.1 Å². The summed E-state index contributed by atoms with van der Waals surface area (Å²) in [7, 11) is -1.24. The number of halogens is 1. The molecule has 0 spiro atoms. The van der Waals surface area contributed by atoms with Gasteiger partial charge in [-0.25, -0.2) is 0 Å². The summed E-state index contributed by atoms with van der Waals surface area (Å²) in [5.74, 6) is 0.336. The van der Waals surface area contributed by atoms with Crippen molar-refractivity contribution in [2.75, 3.05) is 5.73 Å². The minimum absolute atomic E-state index is 0.290. The second-order valence-electron chi connectivity index (χ2n) is 4.56. The molecule has 1 aromatic heterocycles. The molecule has 19 heavy (non-hydrogen) atoms. The second-order valence-corrected chi connectivity index (χ2v) is 6.39. The molecule has 6 heteroatoms. The van der Waals surface area contributed by atoms with Gasteiger partial charge in [0.25, 0.3) is 0 Å². The largest absolute Gasteiger partial charge is 0.399 e. The number of nitrogens with zero attached hydrogens (tertiary/aromatic N) is 2. The third kappa shape index (κ3) is 3.36. The van der Waals surface area contributed by atoms with Gasteiger partial charge in [0.05, 0.1) is 32.2 Å². The van der Waals surface area contributed by atoms with Crippen molar-refractivity contribution in [3.63, 3.8) is 0 Å². The highest BCUT2D eigenvalue weighted by Crippen LogP contribution is 2.24. The SMILES string of the molecule is CC(C)n1ccc(CS(=O)c2cc(N)ccc2Cl)n1. The normalized spacial score (nSPS) is 12.8. The zero-order valence-electron chi connectivity index (χ0n) is 10.8. The van der Waals surface area contributed by atoms with Gasteiger partial charge in [0.15, 0.2) is 0 Å². The molecular weight excluding hydrogens is 282 g/mol. The van der Waals surface area contributed by atoms with Gasteiger partial charge in [-0.1, -0.05) is 11.6 Å². The van der Waals surface area contributed by atoms with Crippen LogP contribution in [0.25, 0.3) is 0 Å². The van der Waals surface area contributed by atoms with Crippen LogP contribution in [0.3, 0.4) is 0 Å². The maximum Gasteiger partial charge on any atom is 0.0753 e. The van der Waals surface area contributed by atoms with Gasteiger partial charge < -0.3 is 5.73 Å². The van der Waals surface area contributed by atoms with E-state index in [1.165, 1.54) is 0 Å². The molecule has 2 N–H and O–H groups in total. The predicted molar refractivity (Wildman–Crippen MR) is 78.6 cm³/mol. The smallest absolute Gasteiger partial charge is 0.0753 e. The van der Waals surface area contributed by atoms with Crippen molar-refractivity contribution in [3.05, 3.63) is 41.2 Å². The van der Waals surface area contributed by atoms with E-state index in [1.54, 1.807) is 18.2 Å². The first-order valence-electron chi connectivity index (χ1n) is 5.95. The number of nitrogens with two attached hydrogens (primary N) is 1. The molecule has 2 rings (SSSR count). The van der Waals surface area contributed by atoms with Crippen LogP contribution >= 0.6 is 11.6 Å². The van der Waals surface area contributed by atoms with Crippen LogP contribution in [0, 0.1) is 0 Å². The second kappa shape index (κ2) is 5.75. The average Bonchev–Trinajstić information content (AvgIpc) is 2.80. The molecule has 1 aromatic carbocycles. The quantitative estimate of drug-likeness (QED) is 0.883. The van der Waals surface area contributed by atoms with E-state index < -0.39 is 10.8 Å². The third-order valence-electron chi connectivity index (χ3n) is 2.67. The van der Waals surface area contributed by atoms with E-state index in [4.69, 9.17) is 17.3 Å². The number of benzene rings is 1. The molecule has 0 aliphatic rings. The Morgan fingerprint density at radius 2 is 2.16 bits per heavy atom. The van der Waals surface area contributed by atoms with E-state index in [1.807, 2.05) is 30.8 Å². The molecule has 4 nitrogen and oxygen atoms in total. The molecule has 0 saturated heterocycles. The summed E-state index contributed by atoms with van der Waals surface area (Å²) in [4.78, 5) is 0.556. The van der Waals surface area contributed by atoms with Crippen LogP contribution in [0.4, 0.5) is 5.69 Å². The Balaban J connectivity index is 2.18. The Morgan fingerprint density at radius 1 is 1.42 bits per heavy atom. The highest BCUT2D eigenvalue weighted by molar-refractivity contribution is 7.84. The van der Waals surface area contributed by atoms with Crippen molar-refractivity contribution in [1.82, 2.24) is 9.78 Å². The summed E-state index contributed by atoms with van der Waals surface area (Å²) in [5, 5.41) is 4.84. The summed E-state index contributed by atoms with van der Waals surface area (Å²) in [5.41, 5.74) is 7.03. The van der Waals surface area contributed by atoms with Crippen LogP contribution in [0.2, 0.25) is 5.02 Å². The van der Waals surface area contributed by atoms with E-state index in [0.29, 0.717) is 21.4 Å². The van der Waals surface area contributed by atoms with Crippen molar-refractivity contribution in [2.45, 2.75) is 30.5 Å². The zero-order valence-corrected chi connectivity index (χ0v) is 12.4. The number of hydrogen-bond acceptors (Lipinski definition) is 3. The van der Waals surface area contributed by atoms with Crippen LogP contribution in [0.1, 0.15) is 25.6 Å². The van der Waals surface area contributed by atoms with E-state index in [0.717, 1.165) is 5.69 Å². The molecule has 0 aliphatic carbocycles. The Bertz CT molecular complexity index is 610. The third-order valence-corrected chi connectivity index (χ3v) is 4.50. The first kappa shape index (κ1) is 14.1. The molecular formula is C13H16ClN3OS. The standard InChI is InChI=1S/C13H16ClN3OS/c1-9(2)17-6-5-11(16-17)8-19(18)13-7-10(15)3-4-12(13)14/h3-7,9H,8,15H2,1-2H3. The maximum atomic E-state index is 12.3. The fourth-order valence-electron chi connectivity index (χ4n) is 1.65. The zero-order chi connectivity index (χ0) is 14.0. The molecule has 0 radical (unpaired) electrons. The minimum Gasteiger partial charge on any atom is -0.399 e. The summed E-state index contributed by atoms with van der Waals surface area (Å²) in [6.45, 7) is 4.09. The first-order valence-corrected chi connectivity index (χ1v) is 7.64. The van der Waals surface area contributed by atoms with Crippen LogP contribution in [0.15, 0.2) is 35.4 Å². The van der Waals surface area contributed by atoms with Gasteiger partial charge in [-0.3, -0.25) is 8.89 Å². The predicted octanol–water partition coefficient (Wildman–Crippen LogP) is 3.01. The lowest BCUT2D eigenvalue weighted by atomic mass is 10.3. The molecule has 1 heterocycles. The first-order chi connectivity index (χ1) is 8.97. The number of nitrogen functional groups attached to an aromatic ring is 1. The summed E-state index contributed by atoms with van der Waals surface area (Å²) in [6, 6.07) is 7.17. The van der Waals surface area contributed by atoms with Crippen molar-refractivity contribution in [3.8, 4) is 0 Å². The lowest BCUT2D eigenvalue weighted by Gasteiger charge is -2.05. The van der Waals surface area contributed by atoms with Crippen molar-refractivity contribution < 1.29 is 4.21 Å². The van der Waals surface area contributed by atoms with Gasteiger partial charge in [-0.05, 0) is 38.1 Å². The number of rotatable bonds is 4. The molecule has 0 aliphatic heterocycles. The Morgan fingerprint density at radius 3 is 2.79 bits per heavy atom. The van der Waals surface area contributed by atoms with Gasteiger partial charge in [0.1, 0.15) is 0 Å². The number of anilines is 1. The van der Waals surface area contributed by atoms with Crippen molar-refractivity contribution in [2.24, 2.45) is 0 Å². The summed E-state index contributed by atoms with van der Waals surface area (Å²) >= 11 is 6.04. The fraction of sp³-hybridized carbons (Fsp3) is 0.308.